The molecule has 0 saturated carbocycles. The van der Waals surface area contributed by atoms with Crippen molar-refractivity contribution in [1.29, 1.82) is 0 Å². The van der Waals surface area contributed by atoms with E-state index in [1.165, 1.54) is 42.2 Å². The molecule has 38 heavy (non-hydrogen) atoms. The third kappa shape index (κ3) is 5.64. The number of amides is 1. The number of carboxylic acid groups (broad SMARTS) is 1. The van der Waals surface area contributed by atoms with Gasteiger partial charge in [0.25, 0.3) is 5.91 Å². The monoisotopic (exact) mass is 604 g/mol. The minimum Gasteiger partial charge on any atom is -0.478 e. The summed E-state index contributed by atoms with van der Waals surface area (Å²) >= 11 is 3.03. The van der Waals surface area contributed by atoms with Crippen LogP contribution in [0.15, 0.2) is 46.9 Å². The topological polar surface area (TPSA) is 87.5 Å². The summed E-state index contributed by atoms with van der Waals surface area (Å²) in [6.45, 7) is 1.44. The largest absolute Gasteiger partial charge is 0.478 e. The van der Waals surface area contributed by atoms with Crippen LogP contribution in [0.4, 0.5) is 32.2 Å². The maximum atomic E-state index is 13.9. The average molecular weight is 605 g/mol. The second-order valence-corrected chi connectivity index (χ2v) is 9.57. The van der Waals surface area contributed by atoms with Crippen molar-refractivity contribution in [3.8, 4) is 0 Å². The van der Waals surface area contributed by atoms with Gasteiger partial charge in [-0.2, -0.15) is 31.4 Å². The first-order valence-corrected chi connectivity index (χ1v) is 11.9. The fourth-order valence-corrected chi connectivity index (χ4v) is 4.75. The number of nitrogens with one attached hydrogen (secondary N) is 1. The van der Waals surface area contributed by atoms with E-state index in [1.54, 1.807) is 0 Å². The summed E-state index contributed by atoms with van der Waals surface area (Å²) in [6.07, 6.45) is -9.60. The Morgan fingerprint density at radius 3 is 2.29 bits per heavy atom. The first-order valence-electron chi connectivity index (χ1n) is 11.1. The van der Waals surface area contributed by atoms with E-state index >= 15 is 0 Å². The van der Waals surface area contributed by atoms with E-state index < -0.39 is 47.1 Å². The number of alkyl halides is 6. The molecule has 202 valence electrons. The van der Waals surface area contributed by atoms with E-state index in [4.69, 9.17) is 5.11 Å². The Labute approximate surface area is 220 Å². The molecule has 0 saturated heterocycles. The Kier molecular flexibility index (Phi) is 7.21. The number of rotatable bonds is 6. The summed E-state index contributed by atoms with van der Waals surface area (Å²) in [5, 5.41) is 15.1. The molecule has 14 heteroatoms. The van der Waals surface area contributed by atoms with Crippen LogP contribution in [0.3, 0.4) is 0 Å². The second-order valence-electron chi connectivity index (χ2n) is 8.66. The van der Waals surface area contributed by atoms with Crippen molar-refractivity contribution in [1.82, 2.24) is 15.1 Å². The highest BCUT2D eigenvalue weighted by atomic mass is 79.9. The van der Waals surface area contributed by atoms with Gasteiger partial charge in [-0.3, -0.25) is 4.79 Å². The van der Waals surface area contributed by atoms with Crippen LogP contribution in [-0.4, -0.2) is 33.3 Å². The van der Waals surface area contributed by atoms with Crippen LogP contribution in [0, 0.1) is 0 Å². The zero-order chi connectivity index (χ0) is 28.0. The molecule has 3 aromatic rings. The molecule has 1 aliphatic heterocycles. The predicted molar refractivity (Wildman–Crippen MR) is 127 cm³/mol. The minimum absolute atomic E-state index is 0.00189. The Hall–Kier alpha value is -3.55. The first kappa shape index (κ1) is 27.5. The quantitative estimate of drug-likeness (QED) is 0.343. The molecule has 2 N–H and O–H groups in total. The highest BCUT2D eigenvalue weighted by molar-refractivity contribution is 9.10. The average Bonchev–Trinajstić information content (AvgIpc) is 3.38. The lowest BCUT2D eigenvalue weighted by Gasteiger charge is -2.21. The molecule has 2 heterocycles. The molecule has 2 aromatic carbocycles. The number of carboxylic acids is 1. The molecule has 0 fully saturated rings. The maximum Gasteiger partial charge on any atom is 0.436 e. The fourth-order valence-electron chi connectivity index (χ4n) is 4.21. The number of benzene rings is 2. The molecule has 4 rings (SSSR count). The Bertz CT molecular complexity index is 1390. The number of halogens is 7. The zero-order valence-electron chi connectivity index (χ0n) is 19.5. The number of carbonyl (C=O) groups is 2. The SMILES string of the molecule is C[C@H](NC(=O)c1c(C(F)(F)F)nn2c1N(Cc1cc(Br)cc(C(F)(F)F)c1)CC2)c1ccc(C(=O)O)cc1. The number of aromatic carboxylic acids is 1. The van der Waals surface area contributed by atoms with E-state index in [-0.39, 0.29) is 41.1 Å². The number of fused-ring (bicyclic) bond motifs is 1. The molecule has 1 amide bonds. The summed E-state index contributed by atoms with van der Waals surface area (Å²) in [7, 11) is 0. The van der Waals surface area contributed by atoms with Gasteiger partial charge in [-0.15, -0.1) is 0 Å². The second kappa shape index (κ2) is 9.97. The van der Waals surface area contributed by atoms with Crippen LogP contribution in [0.25, 0.3) is 0 Å². The lowest BCUT2D eigenvalue weighted by atomic mass is 10.1. The smallest absolute Gasteiger partial charge is 0.436 e. The first-order chi connectivity index (χ1) is 17.6. The standard InChI is InChI=1S/C24H19BrF6N4O3/c1-12(14-2-4-15(5-3-14)22(37)38)32-20(36)18-19(24(29,30)31)33-35-7-6-34(21(18)35)11-13-8-16(23(26,27)28)10-17(25)9-13/h2-5,8-10,12H,6-7,11H2,1H3,(H,32,36)(H,37,38)/t12-/m0/s1. The lowest BCUT2D eigenvalue weighted by Crippen LogP contribution is -2.31. The number of carbonyl (C=O) groups excluding carboxylic acids is 1. The van der Waals surface area contributed by atoms with E-state index in [1.807, 2.05) is 0 Å². The Morgan fingerprint density at radius 1 is 1.05 bits per heavy atom. The van der Waals surface area contributed by atoms with Gasteiger partial charge in [0.1, 0.15) is 11.4 Å². The summed E-state index contributed by atoms with van der Waals surface area (Å²) in [4.78, 5) is 25.6. The minimum atomic E-state index is -4.97. The van der Waals surface area contributed by atoms with Crippen molar-refractivity contribution in [3.63, 3.8) is 0 Å². The highest BCUT2D eigenvalue weighted by Gasteiger charge is 2.44. The van der Waals surface area contributed by atoms with Gasteiger partial charge in [0.05, 0.1) is 23.7 Å². The van der Waals surface area contributed by atoms with Gasteiger partial charge < -0.3 is 15.3 Å². The lowest BCUT2D eigenvalue weighted by molar-refractivity contribution is -0.142. The number of nitrogens with zero attached hydrogens (tertiary/aromatic N) is 3. The predicted octanol–water partition coefficient (Wildman–Crippen LogP) is 5.89. The number of aromatic nitrogens is 2. The fraction of sp³-hybridized carbons (Fsp3) is 0.292. The number of hydrogen-bond donors (Lipinski definition) is 2. The molecular weight excluding hydrogens is 586 g/mol. The third-order valence-electron chi connectivity index (χ3n) is 5.97. The molecule has 1 aliphatic rings. The third-order valence-corrected chi connectivity index (χ3v) is 6.42. The van der Waals surface area contributed by atoms with Crippen molar-refractivity contribution in [2.45, 2.75) is 38.4 Å². The van der Waals surface area contributed by atoms with E-state index in [0.29, 0.717) is 5.56 Å². The van der Waals surface area contributed by atoms with Crippen molar-refractivity contribution < 1.29 is 41.0 Å². The number of hydrogen-bond acceptors (Lipinski definition) is 4. The van der Waals surface area contributed by atoms with E-state index in [0.717, 1.165) is 16.8 Å². The van der Waals surface area contributed by atoms with Crippen LogP contribution < -0.4 is 10.2 Å². The van der Waals surface area contributed by atoms with Gasteiger partial charge in [-0.05, 0) is 48.4 Å². The summed E-state index contributed by atoms with van der Waals surface area (Å²) in [5.41, 5.74) is -2.45. The summed E-state index contributed by atoms with van der Waals surface area (Å²) in [6, 6.07) is 7.87. The Balaban J connectivity index is 1.67. The van der Waals surface area contributed by atoms with Crippen LogP contribution in [0.2, 0.25) is 0 Å². The van der Waals surface area contributed by atoms with Gasteiger partial charge in [-0.1, -0.05) is 28.1 Å². The van der Waals surface area contributed by atoms with Gasteiger partial charge in [-0.25, -0.2) is 9.48 Å². The van der Waals surface area contributed by atoms with E-state index in [2.05, 4.69) is 26.3 Å². The van der Waals surface area contributed by atoms with Gasteiger partial charge in [0.15, 0.2) is 5.69 Å². The van der Waals surface area contributed by atoms with Gasteiger partial charge in [0, 0.05) is 17.6 Å². The Morgan fingerprint density at radius 2 is 1.71 bits per heavy atom. The molecule has 0 radical (unpaired) electrons. The van der Waals surface area contributed by atoms with Crippen molar-refractivity contribution in [2.75, 3.05) is 11.4 Å². The van der Waals surface area contributed by atoms with E-state index in [9.17, 15) is 35.9 Å². The molecule has 7 nitrogen and oxygen atoms in total. The van der Waals surface area contributed by atoms with Gasteiger partial charge in [0.2, 0.25) is 0 Å². The van der Waals surface area contributed by atoms with Crippen LogP contribution in [0.1, 0.15) is 56.1 Å². The van der Waals surface area contributed by atoms with Crippen molar-refractivity contribution >= 4 is 33.6 Å². The maximum absolute atomic E-state index is 13.9. The molecular formula is C24H19BrF6N4O3. The summed E-state index contributed by atoms with van der Waals surface area (Å²) < 4.78 is 82.6. The van der Waals surface area contributed by atoms with Crippen molar-refractivity contribution in [2.24, 2.45) is 0 Å². The van der Waals surface area contributed by atoms with Crippen LogP contribution in [-0.2, 0) is 25.4 Å². The summed E-state index contributed by atoms with van der Waals surface area (Å²) in [5.74, 6) is -2.39. The molecule has 0 spiro atoms. The molecule has 1 aromatic heterocycles. The van der Waals surface area contributed by atoms with Crippen LogP contribution >= 0.6 is 15.9 Å². The number of anilines is 1. The molecule has 0 aliphatic carbocycles. The molecule has 0 bridgehead atoms. The van der Waals surface area contributed by atoms with Crippen LogP contribution in [0.5, 0.6) is 0 Å². The van der Waals surface area contributed by atoms with Crippen molar-refractivity contribution in [3.05, 3.63) is 80.4 Å². The van der Waals surface area contributed by atoms with Gasteiger partial charge >= 0.3 is 18.3 Å². The highest BCUT2D eigenvalue weighted by Crippen LogP contribution is 2.39. The normalized spacial score (nSPS) is 14.4. The molecule has 0 unspecified atom stereocenters. The zero-order valence-corrected chi connectivity index (χ0v) is 21.1. The molecule has 1 atom stereocenters.